The first kappa shape index (κ1) is 18.7. The number of carbonyl (C=O) groups excluding carboxylic acids is 1. The highest BCUT2D eigenvalue weighted by atomic mass is 16.7. The van der Waals surface area contributed by atoms with E-state index in [0.29, 0.717) is 23.7 Å². The molecule has 31 heavy (non-hydrogen) atoms. The third kappa shape index (κ3) is 2.99. The quantitative estimate of drug-likeness (QED) is 0.605. The van der Waals surface area contributed by atoms with Gasteiger partial charge in [-0.1, -0.05) is 12.1 Å². The zero-order chi connectivity index (χ0) is 20.9. The SMILES string of the molecule is Cc1c(C(=O)c2ccc3c(c2)OCO3)c2cccc3c2n1C(CN1CCOCC1)CO3. The van der Waals surface area contributed by atoms with Crippen molar-refractivity contribution in [3.63, 3.8) is 0 Å². The second-order valence-electron chi connectivity index (χ2n) is 8.26. The maximum atomic E-state index is 13.7. The van der Waals surface area contributed by atoms with E-state index in [0.717, 1.165) is 60.8 Å². The molecular formula is C24H24N2O5. The molecular weight excluding hydrogens is 396 g/mol. The van der Waals surface area contributed by atoms with Crippen molar-refractivity contribution in [1.29, 1.82) is 0 Å². The standard InChI is InChI=1S/C24H24N2O5/c1-15-22(24(27)16-5-6-19-21(11-16)31-14-30-19)18-3-2-4-20-23(18)26(15)17(13-29-20)12-25-7-9-28-10-8-25/h2-6,11,17H,7-10,12-14H2,1H3. The van der Waals surface area contributed by atoms with Crippen LogP contribution in [0.3, 0.4) is 0 Å². The number of morpholine rings is 1. The third-order valence-corrected chi connectivity index (χ3v) is 6.46. The molecule has 1 saturated heterocycles. The summed E-state index contributed by atoms with van der Waals surface area (Å²) in [6, 6.07) is 11.5. The van der Waals surface area contributed by atoms with Crippen LogP contribution in [-0.4, -0.2) is 61.5 Å². The van der Waals surface area contributed by atoms with E-state index in [-0.39, 0.29) is 18.6 Å². The highest BCUT2D eigenvalue weighted by Crippen LogP contribution is 2.40. The minimum Gasteiger partial charge on any atom is -0.489 e. The van der Waals surface area contributed by atoms with Crippen LogP contribution >= 0.6 is 0 Å². The van der Waals surface area contributed by atoms with Crippen molar-refractivity contribution in [2.45, 2.75) is 13.0 Å². The van der Waals surface area contributed by atoms with E-state index in [1.54, 1.807) is 12.1 Å². The number of ether oxygens (including phenoxy) is 4. The number of hydrogen-bond acceptors (Lipinski definition) is 6. The monoisotopic (exact) mass is 420 g/mol. The third-order valence-electron chi connectivity index (χ3n) is 6.46. The number of para-hydroxylation sites is 1. The zero-order valence-electron chi connectivity index (χ0n) is 17.4. The van der Waals surface area contributed by atoms with Crippen molar-refractivity contribution in [3.8, 4) is 17.2 Å². The summed E-state index contributed by atoms with van der Waals surface area (Å²) >= 11 is 0. The fraction of sp³-hybridized carbons (Fsp3) is 0.375. The highest BCUT2D eigenvalue weighted by molar-refractivity contribution is 6.18. The van der Waals surface area contributed by atoms with Gasteiger partial charge in [-0.05, 0) is 31.2 Å². The lowest BCUT2D eigenvalue weighted by Crippen LogP contribution is -2.42. The molecule has 0 aliphatic carbocycles. The lowest BCUT2D eigenvalue weighted by Gasteiger charge is -2.34. The van der Waals surface area contributed by atoms with E-state index in [2.05, 4.69) is 9.47 Å². The molecule has 3 aromatic rings. The van der Waals surface area contributed by atoms with Crippen LogP contribution in [-0.2, 0) is 4.74 Å². The van der Waals surface area contributed by atoms with Gasteiger partial charge in [0, 0.05) is 36.3 Å². The van der Waals surface area contributed by atoms with Gasteiger partial charge in [-0.2, -0.15) is 0 Å². The fourth-order valence-corrected chi connectivity index (χ4v) is 4.97. The van der Waals surface area contributed by atoms with Crippen LogP contribution in [0.5, 0.6) is 17.2 Å². The maximum absolute atomic E-state index is 13.7. The molecule has 3 aliphatic rings. The number of fused-ring (bicyclic) bond motifs is 1. The molecule has 2 aromatic carbocycles. The minimum absolute atomic E-state index is 0.0104. The Balaban J connectivity index is 1.44. The van der Waals surface area contributed by atoms with Crippen molar-refractivity contribution in [2.24, 2.45) is 0 Å². The van der Waals surface area contributed by atoms with Gasteiger partial charge in [0.15, 0.2) is 17.3 Å². The molecule has 1 aromatic heterocycles. The topological polar surface area (TPSA) is 62.2 Å². The minimum atomic E-state index is -0.0104. The number of rotatable bonds is 4. The Morgan fingerprint density at radius 1 is 1.03 bits per heavy atom. The molecule has 7 heteroatoms. The first-order valence-electron chi connectivity index (χ1n) is 10.7. The van der Waals surface area contributed by atoms with Gasteiger partial charge in [-0.15, -0.1) is 0 Å². The summed E-state index contributed by atoms with van der Waals surface area (Å²) in [6.45, 7) is 7.07. The second kappa shape index (κ2) is 7.28. The van der Waals surface area contributed by atoms with Crippen molar-refractivity contribution >= 4 is 16.7 Å². The number of nitrogens with zero attached hydrogens (tertiary/aromatic N) is 2. The van der Waals surface area contributed by atoms with Crippen molar-refractivity contribution in [1.82, 2.24) is 9.47 Å². The molecule has 1 atom stereocenters. The molecule has 160 valence electrons. The number of carbonyl (C=O) groups is 1. The van der Waals surface area contributed by atoms with Gasteiger partial charge in [-0.25, -0.2) is 0 Å². The Labute approximate surface area is 180 Å². The van der Waals surface area contributed by atoms with Crippen LogP contribution in [0.4, 0.5) is 0 Å². The van der Waals surface area contributed by atoms with Gasteiger partial charge in [0.1, 0.15) is 12.4 Å². The lowest BCUT2D eigenvalue weighted by molar-refractivity contribution is 0.0272. The predicted octanol–water partition coefficient (Wildman–Crippen LogP) is 3.18. The van der Waals surface area contributed by atoms with Crippen LogP contribution in [0, 0.1) is 6.92 Å². The number of benzene rings is 2. The molecule has 1 unspecified atom stereocenters. The molecule has 0 saturated carbocycles. The van der Waals surface area contributed by atoms with Crippen molar-refractivity contribution in [2.75, 3.05) is 46.2 Å². The second-order valence-corrected chi connectivity index (χ2v) is 8.26. The van der Waals surface area contributed by atoms with Gasteiger partial charge < -0.3 is 23.5 Å². The van der Waals surface area contributed by atoms with E-state index in [4.69, 9.17) is 18.9 Å². The molecule has 0 radical (unpaired) electrons. The summed E-state index contributed by atoms with van der Waals surface area (Å²) in [6.07, 6.45) is 0. The molecule has 0 bridgehead atoms. The fourth-order valence-electron chi connectivity index (χ4n) is 4.97. The summed E-state index contributed by atoms with van der Waals surface area (Å²) in [5.41, 5.74) is 3.31. The van der Waals surface area contributed by atoms with E-state index < -0.39 is 0 Å². The highest BCUT2D eigenvalue weighted by Gasteiger charge is 2.31. The molecule has 0 amide bonds. The van der Waals surface area contributed by atoms with Crippen LogP contribution in [0.2, 0.25) is 0 Å². The Hall–Kier alpha value is -3.03. The van der Waals surface area contributed by atoms with Gasteiger partial charge in [0.2, 0.25) is 6.79 Å². The average Bonchev–Trinajstić information content (AvgIpc) is 3.39. The van der Waals surface area contributed by atoms with E-state index in [1.807, 2.05) is 31.2 Å². The van der Waals surface area contributed by atoms with E-state index in [9.17, 15) is 4.79 Å². The molecule has 4 heterocycles. The molecule has 6 rings (SSSR count). The average molecular weight is 420 g/mol. The molecule has 3 aliphatic heterocycles. The number of hydrogen-bond donors (Lipinski definition) is 0. The summed E-state index contributed by atoms with van der Waals surface area (Å²) in [5.74, 6) is 2.12. The Kier molecular flexibility index (Phi) is 4.40. The normalized spacial score (nSPS) is 20.1. The number of aromatic nitrogens is 1. The Morgan fingerprint density at radius 2 is 1.87 bits per heavy atom. The molecule has 7 nitrogen and oxygen atoms in total. The smallest absolute Gasteiger partial charge is 0.231 e. The first-order valence-corrected chi connectivity index (χ1v) is 10.7. The summed E-state index contributed by atoms with van der Waals surface area (Å²) < 4.78 is 24.8. The maximum Gasteiger partial charge on any atom is 0.231 e. The Morgan fingerprint density at radius 3 is 2.74 bits per heavy atom. The van der Waals surface area contributed by atoms with Gasteiger partial charge in [-0.3, -0.25) is 9.69 Å². The van der Waals surface area contributed by atoms with E-state index >= 15 is 0 Å². The Bertz CT molecular complexity index is 1180. The zero-order valence-corrected chi connectivity index (χ0v) is 17.4. The molecule has 1 fully saturated rings. The first-order chi connectivity index (χ1) is 15.2. The van der Waals surface area contributed by atoms with Gasteiger partial charge in [0.05, 0.1) is 30.3 Å². The van der Waals surface area contributed by atoms with Gasteiger partial charge >= 0.3 is 0 Å². The van der Waals surface area contributed by atoms with Crippen LogP contribution in [0.15, 0.2) is 36.4 Å². The van der Waals surface area contributed by atoms with Crippen LogP contribution < -0.4 is 14.2 Å². The predicted molar refractivity (Wildman–Crippen MR) is 114 cm³/mol. The number of ketones is 1. The largest absolute Gasteiger partial charge is 0.489 e. The molecule has 0 N–H and O–H groups in total. The summed E-state index contributed by atoms with van der Waals surface area (Å²) in [5, 5.41) is 0.935. The van der Waals surface area contributed by atoms with Crippen molar-refractivity contribution in [3.05, 3.63) is 53.2 Å². The lowest BCUT2D eigenvalue weighted by atomic mass is 10.00. The molecule has 0 spiro atoms. The summed E-state index contributed by atoms with van der Waals surface area (Å²) in [4.78, 5) is 16.1. The van der Waals surface area contributed by atoms with E-state index in [1.165, 1.54) is 0 Å². The van der Waals surface area contributed by atoms with Crippen molar-refractivity contribution < 1.29 is 23.7 Å². The van der Waals surface area contributed by atoms with Gasteiger partial charge in [0.25, 0.3) is 0 Å². The summed E-state index contributed by atoms with van der Waals surface area (Å²) in [7, 11) is 0. The van der Waals surface area contributed by atoms with Crippen LogP contribution in [0.1, 0.15) is 27.7 Å². The van der Waals surface area contributed by atoms with Crippen LogP contribution in [0.25, 0.3) is 10.9 Å².